The lowest BCUT2D eigenvalue weighted by atomic mass is 9.49. The van der Waals surface area contributed by atoms with Crippen LogP contribution in [0.5, 0.6) is 5.75 Å². The molecule has 1 aliphatic heterocycles. The summed E-state index contributed by atoms with van der Waals surface area (Å²) in [5.74, 6) is 6.64. The first-order valence-corrected chi connectivity index (χ1v) is 12.3. The molecule has 1 saturated heterocycles. The van der Waals surface area contributed by atoms with Gasteiger partial charge in [-0.25, -0.2) is 0 Å². The quantitative estimate of drug-likeness (QED) is 0.331. The number of ketones is 1. The lowest BCUT2D eigenvalue weighted by molar-refractivity contribution is -0.161. The summed E-state index contributed by atoms with van der Waals surface area (Å²) in [5, 5.41) is 0. The largest absolute Gasteiger partial charge is 0.426 e. The van der Waals surface area contributed by atoms with Crippen LogP contribution in [-0.4, -0.2) is 33.8 Å². The molecule has 0 amide bonds. The number of carbonyl (C=O) groups excluding carboxylic acids is 2. The summed E-state index contributed by atoms with van der Waals surface area (Å²) in [6.45, 7) is 0. The zero-order chi connectivity index (χ0) is 18.4. The Morgan fingerprint density at radius 2 is 1.56 bits per heavy atom. The van der Waals surface area contributed by atoms with E-state index >= 15 is 0 Å². The Balaban J connectivity index is 1.23. The molecule has 1 N–H and O–H groups in total. The molecule has 0 atom stereocenters. The van der Waals surface area contributed by atoms with E-state index in [0.29, 0.717) is 22.4 Å². The minimum atomic E-state index is -0.217. The van der Waals surface area contributed by atoms with Crippen LogP contribution >= 0.6 is 0 Å². The first kappa shape index (κ1) is 17.8. The number of ether oxygens (including phenoxy) is 1. The van der Waals surface area contributed by atoms with E-state index in [0.717, 1.165) is 48.3 Å². The van der Waals surface area contributed by atoms with Crippen molar-refractivity contribution in [3.05, 3.63) is 29.8 Å². The number of rotatable bonds is 5. The molecule has 5 fully saturated rings. The SMILES string of the molecule is O=C(Oc1ccc(C(=[OH+])C[S+]2CCCC2)cc1)C12CC3CC(CC(C3)C1)C2. The van der Waals surface area contributed by atoms with E-state index in [-0.39, 0.29) is 11.4 Å². The second kappa shape index (κ2) is 6.95. The summed E-state index contributed by atoms with van der Waals surface area (Å²) < 4.78 is 5.84. The van der Waals surface area contributed by atoms with Gasteiger partial charge in [-0.2, -0.15) is 0 Å². The van der Waals surface area contributed by atoms with Crippen LogP contribution in [0.3, 0.4) is 0 Å². The molecular weight excluding hydrogens is 356 g/mol. The van der Waals surface area contributed by atoms with Gasteiger partial charge in [-0.1, -0.05) is 0 Å². The van der Waals surface area contributed by atoms with Crippen LogP contribution in [0.25, 0.3) is 0 Å². The molecule has 1 aromatic rings. The molecule has 0 radical (unpaired) electrons. The van der Waals surface area contributed by atoms with Crippen molar-refractivity contribution in [2.24, 2.45) is 23.2 Å². The number of carbonyl (C=O) groups is 1. The average molecular weight is 387 g/mol. The van der Waals surface area contributed by atoms with E-state index in [2.05, 4.69) is 0 Å². The van der Waals surface area contributed by atoms with E-state index in [4.69, 9.17) is 4.74 Å². The van der Waals surface area contributed by atoms with Crippen molar-refractivity contribution in [1.82, 2.24) is 0 Å². The third kappa shape index (κ3) is 3.46. The maximum atomic E-state index is 13.0. The van der Waals surface area contributed by atoms with Crippen molar-refractivity contribution in [3.8, 4) is 5.75 Å². The Hall–Kier alpha value is -1.29. The van der Waals surface area contributed by atoms with E-state index in [1.807, 2.05) is 24.3 Å². The molecule has 144 valence electrons. The fourth-order valence-electron chi connectivity index (χ4n) is 6.43. The molecule has 0 unspecified atom stereocenters. The first-order chi connectivity index (χ1) is 13.1. The molecule has 4 aliphatic carbocycles. The standard InChI is InChI=1S/C23H29O3S/c24-21(15-27-7-1-2-8-27)19-3-5-20(6-4-19)26-22(25)23-12-16-9-17(13-23)11-18(10-16)14-23/h3-6,16-18H,1-2,7-15H2/q+1/p+1. The number of hydrogen-bond donors (Lipinski definition) is 0. The molecule has 27 heavy (non-hydrogen) atoms. The van der Waals surface area contributed by atoms with Crippen molar-refractivity contribution in [2.45, 2.75) is 51.4 Å². The smallest absolute Gasteiger partial charge is 0.372 e. The van der Waals surface area contributed by atoms with Crippen molar-refractivity contribution < 1.29 is 14.3 Å². The fraction of sp³-hybridized carbons (Fsp3) is 0.652. The number of benzene rings is 1. The molecule has 1 heterocycles. The monoisotopic (exact) mass is 386 g/mol. The summed E-state index contributed by atoms with van der Waals surface area (Å²) in [6, 6.07) is 7.50. The molecule has 6 rings (SSSR count). The van der Waals surface area contributed by atoms with Crippen molar-refractivity contribution in [1.29, 1.82) is 0 Å². The van der Waals surface area contributed by atoms with Crippen LogP contribution in [0.15, 0.2) is 24.3 Å². The minimum Gasteiger partial charge on any atom is -0.426 e. The molecule has 0 spiro atoms. The highest BCUT2D eigenvalue weighted by molar-refractivity contribution is 7.97. The van der Waals surface area contributed by atoms with Crippen LogP contribution < -0.4 is 4.74 Å². The van der Waals surface area contributed by atoms with E-state index in [9.17, 15) is 9.59 Å². The zero-order valence-electron chi connectivity index (χ0n) is 16.0. The van der Waals surface area contributed by atoms with Crippen LogP contribution in [0, 0.1) is 23.2 Å². The Morgan fingerprint density at radius 3 is 2.11 bits per heavy atom. The van der Waals surface area contributed by atoms with Crippen LogP contribution in [0.4, 0.5) is 0 Å². The van der Waals surface area contributed by atoms with Gasteiger partial charge in [-0.15, -0.1) is 0 Å². The molecule has 4 bridgehead atoms. The summed E-state index contributed by atoms with van der Waals surface area (Å²) >= 11 is 0. The second-order valence-corrected chi connectivity index (χ2v) is 11.8. The third-order valence-electron chi connectivity index (χ3n) is 7.33. The second-order valence-electron chi connectivity index (χ2n) is 9.43. The van der Waals surface area contributed by atoms with Gasteiger partial charge in [0.2, 0.25) is 5.75 Å². The predicted molar refractivity (Wildman–Crippen MR) is 110 cm³/mol. The third-order valence-corrected chi connectivity index (χ3v) is 9.74. The van der Waals surface area contributed by atoms with Crippen molar-refractivity contribution in [2.75, 3.05) is 17.3 Å². The van der Waals surface area contributed by atoms with Crippen molar-refractivity contribution in [3.63, 3.8) is 0 Å². The van der Waals surface area contributed by atoms with Gasteiger partial charge in [-0.3, -0.25) is 9.59 Å². The highest BCUT2D eigenvalue weighted by atomic mass is 32.2. The number of hydrogen-bond acceptors (Lipinski definition) is 2. The van der Waals surface area contributed by atoms with Crippen LogP contribution in [-0.2, 0) is 15.7 Å². The molecule has 4 saturated carbocycles. The Morgan fingerprint density at radius 1 is 1.00 bits per heavy atom. The van der Waals surface area contributed by atoms with E-state index < -0.39 is 0 Å². The molecular formula is C23H30O3S+2. The van der Waals surface area contributed by atoms with Crippen LogP contribution in [0.1, 0.15) is 56.9 Å². The van der Waals surface area contributed by atoms with E-state index in [1.165, 1.54) is 43.6 Å². The first-order valence-electron chi connectivity index (χ1n) is 10.6. The van der Waals surface area contributed by atoms with Gasteiger partial charge in [0, 0.05) is 10.9 Å². The fourth-order valence-corrected chi connectivity index (χ4v) is 8.70. The normalized spacial score (nSPS) is 34.7. The zero-order valence-corrected chi connectivity index (χ0v) is 16.8. The summed E-state index contributed by atoms with van der Waals surface area (Å²) in [4.78, 5) is 23.5. The van der Waals surface area contributed by atoms with Gasteiger partial charge in [0.15, 0.2) is 0 Å². The molecule has 1 aromatic carbocycles. The molecule has 0 aromatic heterocycles. The highest BCUT2D eigenvalue weighted by Gasteiger charge is 2.55. The van der Waals surface area contributed by atoms with Crippen molar-refractivity contribution >= 4 is 22.6 Å². The van der Waals surface area contributed by atoms with Gasteiger partial charge < -0.3 is 4.74 Å². The number of esters is 1. The lowest BCUT2D eigenvalue weighted by Crippen LogP contribution is -2.51. The van der Waals surface area contributed by atoms with Gasteiger partial charge >= 0.3 is 11.8 Å². The Bertz CT molecular complexity index is 697. The van der Waals surface area contributed by atoms with Gasteiger partial charge in [0.1, 0.15) is 17.3 Å². The Labute approximate surface area is 164 Å². The van der Waals surface area contributed by atoms with Gasteiger partial charge in [-0.05, 0) is 93.4 Å². The Kier molecular flexibility index (Phi) is 4.58. The highest BCUT2D eigenvalue weighted by Crippen LogP contribution is 2.60. The maximum Gasteiger partial charge on any atom is 0.372 e. The van der Waals surface area contributed by atoms with Gasteiger partial charge in [0.25, 0.3) is 0 Å². The summed E-state index contributed by atoms with van der Waals surface area (Å²) in [5.41, 5.74) is 0.648. The molecule has 4 heteroatoms. The van der Waals surface area contributed by atoms with Crippen LogP contribution in [0.2, 0.25) is 0 Å². The summed E-state index contributed by atoms with van der Waals surface area (Å²) in [7, 11) is 0.349. The lowest BCUT2D eigenvalue weighted by Gasteiger charge is -2.55. The van der Waals surface area contributed by atoms with Gasteiger partial charge in [0.05, 0.1) is 11.0 Å². The predicted octanol–water partition coefficient (Wildman–Crippen LogP) is 4.11. The summed E-state index contributed by atoms with van der Waals surface area (Å²) in [6.07, 6.45) is 9.70. The minimum absolute atomic E-state index is 0.00464. The molecule has 3 nitrogen and oxygen atoms in total. The van der Waals surface area contributed by atoms with E-state index in [1.54, 1.807) is 0 Å². The topological polar surface area (TPSA) is 47.7 Å². The molecule has 5 aliphatic rings. The average Bonchev–Trinajstić information content (AvgIpc) is 3.14. The maximum absolute atomic E-state index is 13.0.